The second kappa shape index (κ2) is 9.49. The monoisotopic (exact) mass is 503 g/mol. The molecule has 0 radical (unpaired) electrons. The first-order chi connectivity index (χ1) is 17.0. The number of carbonyl (C=O) groups excluding carboxylic acids is 3. The Morgan fingerprint density at radius 2 is 2.03 bits per heavy atom. The van der Waals surface area contributed by atoms with Crippen LogP contribution < -0.4 is 10.9 Å². The molecule has 4 heterocycles. The Morgan fingerprint density at radius 1 is 1.31 bits per heavy atom. The summed E-state index contributed by atoms with van der Waals surface area (Å²) in [5.74, 6) is -3.61. The number of carbonyl (C=O) groups is 3. The molecule has 4 unspecified atom stereocenters. The number of nitrogens with one attached hydrogen (secondary N) is 1. The normalized spacial score (nSPS) is 26.5. The summed E-state index contributed by atoms with van der Waals surface area (Å²) in [6, 6.07) is -0.533. The lowest BCUT2D eigenvalue weighted by Gasteiger charge is -2.43. The van der Waals surface area contributed by atoms with Gasteiger partial charge in [-0.2, -0.15) is 0 Å². The van der Waals surface area contributed by atoms with Crippen LogP contribution in [-0.2, 0) is 19.9 Å². The fraction of sp³-hybridized carbons (Fsp3) is 0.542. The van der Waals surface area contributed by atoms with Gasteiger partial charge < -0.3 is 25.0 Å². The fourth-order valence-electron chi connectivity index (χ4n) is 4.93. The number of fused-ring (bicyclic) bond motifs is 2. The second-order valence-corrected chi connectivity index (χ2v) is 9.69. The highest BCUT2D eigenvalue weighted by molar-refractivity contribution is 6.34. The quantitative estimate of drug-likeness (QED) is 0.575. The largest absolute Gasteiger partial charge is 0.501 e. The highest BCUT2D eigenvalue weighted by Crippen LogP contribution is 2.43. The second-order valence-electron chi connectivity index (χ2n) is 9.69. The Bertz CT molecular complexity index is 1210. The van der Waals surface area contributed by atoms with Gasteiger partial charge in [0.05, 0.1) is 18.8 Å². The number of halogens is 1. The van der Waals surface area contributed by atoms with Crippen LogP contribution in [0.15, 0.2) is 28.8 Å². The van der Waals surface area contributed by atoms with Crippen LogP contribution in [0.1, 0.15) is 48.5 Å². The van der Waals surface area contributed by atoms with Gasteiger partial charge in [-0.1, -0.05) is 6.08 Å². The van der Waals surface area contributed by atoms with Gasteiger partial charge in [0.1, 0.15) is 17.2 Å². The van der Waals surface area contributed by atoms with Crippen molar-refractivity contribution in [3.63, 3.8) is 0 Å². The zero-order valence-electron chi connectivity index (χ0n) is 20.7. The van der Waals surface area contributed by atoms with E-state index in [2.05, 4.69) is 10.3 Å². The van der Waals surface area contributed by atoms with E-state index in [4.69, 9.17) is 4.74 Å². The smallest absolute Gasteiger partial charge is 0.312 e. The molecule has 194 valence electrons. The van der Waals surface area contributed by atoms with E-state index < -0.39 is 46.3 Å². The minimum absolute atomic E-state index is 0.0337. The van der Waals surface area contributed by atoms with E-state index in [1.807, 2.05) is 0 Å². The summed E-state index contributed by atoms with van der Waals surface area (Å²) in [5.41, 5.74) is -2.62. The molecule has 2 N–H and O–H groups in total. The van der Waals surface area contributed by atoms with Crippen molar-refractivity contribution < 1.29 is 28.6 Å². The summed E-state index contributed by atoms with van der Waals surface area (Å²) in [4.78, 5) is 58.7. The zero-order valence-corrected chi connectivity index (χ0v) is 20.7. The highest BCUT2D eigenvalue weighted by atomic mass is 19.1. The van der Waals surface area contributed by atoms with Crippen LogP contribution in [0.2, 0.25) is 0 Å². The number of allylic oxidation sites excluding steroid dienone is 3. The Hall–Kier alpha value is -3.54. The standard InChI is InChI=1S/C24H30FN5O6/c1-13-16-9-10-24(12-36-16,29(4)22(35)21(34)28(2)3)23-27-17(18(31)20(33)30(13)23)19(32)26-11-14-5-7-15(25)8-6-14/h5,7-8,13-14,16,31H,6,9-12H2,1-4H3,(H,26,32). The van der Waals surface area contributed by atoms with Crippen LogP contribution in [0.25, 0.3) is 0 Å². The van der Waals surface area contributed by atoms with E-state index in [-0.39, 0.29) is 36.8 Å². The zero-order chi connectivity index (χ0) is 26.4. The summed E-state index contributed by atoms with van der Waals surface area (Å²) >= 11 is 0. The van der Waals surface area contributed by atoms with Crippen LogP contribution in [0.3, 0.4) is 0 Å². The fourth-order valence-corrected chi connectivity index (χ4v) is 4.93. The molecule has 36 heavy (non-hydrogen) atoms. The molecule has 11 nitrogen and oxygen atoms in total. The van der Waals surface area contributed by atoms with E-state index in [1.54, 1.807) is 13.0 Å². The van der Waals surface area contributed by atoms with Crippen molar-refractivity contribution in [3.8, 4) is 5.75 Å². The number of likely N-dealkylation sites (N-methyl/N-ethyl adjacent to an activating group) is 2. The number of aromatic nitrogens is 2. The van der Waals surface area contributed by atoms with Gasteiger partial charge in [0, 0.05) is 27.7 Å². The Balaban J connectivity index is 1.75. The van der Waals surface area contributed by atoms with Gasteiger partial charge in [-0.25, -0.2) is 9.37 Å². The molecular weight excluding hydrogens is 473 g/mol. The molecule has 0 spiro atoms. The third-order valence-electron chi connectivity index (χ3n) is 7.25. The number of nitrogens with zero attached hydrogens (tertiary/aromatic N) is 4. The van der Waals surface area contributed by atoms with Crippen LogP contribution in [-0.4, -0.2) is 82.6 Å². The molecule has 1 fully saturated rings. The van der Waals surface area contributed by atoms with Crippen molar-refractivity contribution in [2.75, 3.05) is 34.3 Å². The lowest BCUT2D eigenvalue weighted by atomic mass is 9.88. The van der Waals surface area contributed by atoms with E-state index >= 15 is 0 Å². The lowest BCUT2D eigenvalue weighted by molar-refractivity contribution is -0.159. The molecule has 0 saturated carbocycles. The van der Waals surface area contributed by atoms with Crippen LogP contribution in [0, 0.1) is 5.92 Å². The molecule has 3 aliphatic heterocycles. The third kappa shape index (κ3) is 4.19. The summed E-state index contributed by atoms with van der Waals surface area (Å²) in [5, 5.41) is 13.3. The molecule has 1 saturated heterocycles. The van der Waals surface area contributed by atoms with Gasteiger partial charge in [0.25, 0.3) is 11.5 Å². The van der Waals surface area contributed by atoms with E-state index in [1.165, 1.54) is 42.8 Å². The van der Waals surface area contributed by atoms with Crippen molar-refractivity contribution in [2.45, 2.75) is 43.9 Å². The topological polar surface area (TPSA) is 134 Å². The summed E-state index contributed by atoms with van der Waals surface area (Å²) in [7, 11) is 4.35. The average Bonchev–Trinajstić information content (AvgIpc) is 3.06. The Labute approximate surface area is 207 Å². The summed E-state index contributed by atoms with van der Waals surface area (Å²) in [6.45, 7) is 1.85. The molecule has 2 bridgehead atoms. The number of amides is 3. The van der Waals surface area contributed by atoms with Gasteiger partial charge in [-0.05, 0) is 44.3 Å². The van der Waals surface area contributed by atoms with Crippen molar-refractivity contribution >= 4 is 17.7 Å². The summed E-state index contributed by atoms with van der Waals surface area (Å²) < 4.78 is 20.5. The van der Waals surface area contributed by atoms with Crippen molar-refractivity contribution in [2.24, 2.45) is 5.92 Å². The maximum atomic E-state index is 13.3. The molecule has 1 aliphatic carbocycles. The lowest BCUT2D eigenvalue weighted by Crippen LogP contribution is -2.57. The highest BCUT2D eigenvalue weighted by Gasteiger charge is 2.52. The maximum Gasteiger partial charge on any atom is 0.312 e. The Morgan fingerprint density at radius 3 is 2.61 bits per heavy atom. The number of hydrogen-bond acceptors (Lipinski definition) is 7. The van der Waals surface area contributed by atoms with E-state index in [0.29, 0.717) is 19.3 Å². The molecule has 1 aromatic rings. The van der Waals surface area contributed by atoms with Crippen molar-refractivity contribution in [1.82, 2.24) is 24.7 Å². The first kappa shape index (κ1) is 25.5. The number of aromatic hydroxyl groups is 1. The molecule has 0 aromatic carbocycles. The van der Waals surface area contributed by atoms with Gasteiger partial charge in [0.15, 0.2) is 5.69 Å². The first-order valence-corrected chi connectivity index (χ1v) is 11.8. The van der Waals surface area contributed by atoms with Crippen LogP contribution in [0.5, 0.6) is 5.75 Å². The van der Waals surface area contributed by atoms with Gasteiger partial charge >= 0.3 is 11.8 Å². The Kier molecular flexibility index (Phi) is 6.74. The molecule has 12 heteroatoms. The number of rotatable bonds is 4. The van der Waals surface area contributed by atoms with E-state index in [9.17, 15) is 28.7 Å². The molecular formula is C24H30FN5O6. The molecule has 4 aliphatic rings. The van der Waals surface area contributed by atoms with Crippen LogP contribution >= 0.6 is 0 Å². The van der Waals surface area contributed by atoms with E-state index in [0.717, 1.165) is 4.90 Å². The molecule has 3 amide bonds. The average molecular weight is 504 g/mol. The SMILES string of the molecule is CC1C2CCC(N(C)C(=O)C(=O)N(C)C)(CO2)c2nc(C(=O)NCC3C=CC(F)=CC3)c(O)c(=O)n21. The third-order valence-corrected chi connectivity index (χ3v) is 7.25. The summed E-state index contributed by atoms with van der Waals surface area (Å²) in [6.07, 6.45) is 5.17. The predicted octanol–water partition coefficient (Wildman–Crippen LogP) is 0.604. The minimum Gasteiger partial charge on any atom is -0.501 e. The molecule has 4 atom stereocenters. The number of ether oxygens (including phenoxy) is 1. The predicted molar refractivity (Wildman–Crippen MR) is 126 cm³/mol. The van der Waals surface area contributed by atoms with Gasteiger partial charge in [0.2, 0.25) is 5.75 Å². The molecule has 5 rings (SSSR count). The van der Waals surface area contributed by atoms with Gasteiger partial charge in [-0.15, -0.1) is 0 Å². The van der Waals surface area contributed by atoms with Crippen molar-refractivity contribution in [1.29, 1.82) is 0 Å². The molecule has 1 aromatic heterocycles. The first-order valence-electron chi connectivity index (χ1n) is 11.8. The van der Waals surface area contributed by atoms with Crippen molar-refractivity contribution in [3.05, 3.63) is 45.9 Å². The van der Waals surface area contributed by atoms with Crippen LogP contribution in [0.4, 0.5) is 4.39 Å². The van der Waals surface area contributed by atoms with Gasteiger partial charge in [-0.3, -0.25) is 23.7 Å². The number of hydrogen-bond donors (Lipinski definition) is 2. The minimum atomic E-state index is -1.31. The maximum absolute atomic E-state index is 13.3.